The number of hydrogen-bond acceptors (Lipinski definition) is 3. The molecular weight excluding hydrogens is 312 g/mol. The van der Waals surface area contributed by atoms with Gasteiger partial charge in [0, 0.05) is 24.2 Å². The Morgan fingerprint density at radius 2 is 2.04 bits per heavy atom. The lowest BCUT2D eigenvalue weighted by molar-refractivity contribution is 0.0789. The first-order valence-electron chi connectivity index (χ1n) is 7.86. The molecule has 1 saturated heterocycles. The summed E-state index contributed by atoms with van der Waals surface area (Å²) in [6, 6.07) is 7.53. The van der Waals surface area contributed by atoms with Gasteiger partial charge in [0.05, 0.1) is 23.1 Å². The van der Waals surface area contributed by atoms with Gasteiger partial charge < -0.3 is 10.6 Å². The van der Waals surface area contributed by atoms with Crippen LogP contribution in [0, 0.1) is 0 Å². The summed E-state index contributed by atoms with van der Waals surface area (Å²) < 4.78 is 1.82. The van der Waals surface area contributed by atoms with Crippen LogP contribution in [0.1, 0.15) is 42.2 Å². The van der Waals surface area contributed by atoms with Gasteiger partial charge >= 0.3 is 0 Å². The van der Waals surface area contributed by atoms with Gasteiger partial charge in [-0.05, 0) is 36.6 Å². The summed E-state index contributed by atoms with van der Waals surface area (Å²) >= 11 is 5.95. The first-order valence-corrected chi connectivity index (χ1v) is 8.24. The SMILES string of the molecule is CC(C)c1c(C(=O)N2CC[C@@H](N)C2)cnn1-c1ccc(Cl)cc1. The number of benzene rings is 1. The Hall–Kier alpha value is -1.85. The van der Waals surface area contributed by atoms with Gasteiger partial charge in [0.2, 0.25) is 0 Å². The number of carbonyl (C=O) groups excluding carboxylic acids is 1. The molecule has 1 fully saturated rings. The Balaban J connectivity index is 1.99. The molecule has 2 heterocycles. The van der Waals surface area contributed by atoms with Crippen LogP contribution >= 0.6 is 11.6 Å². The fourth-order valence-corrected chi connectivity index (χ4v) is 3.13. The molecular formula is C17H21ClN4O. The predicted octanol–water partition coefficient (Wildman–Crippen LogP) is 2.82. The first-order chi connectivity index (χ1) is 11.0. The van der Waals surface area contributed by atoms with Crippen molar-refractivity contribution in [1.82, 2.24) is 14.7 Å². The minimum Gasteiger partial charge on any atom is -0.337 e. The standard InChI is InChI=1S/C17H21ClN4O/c1-11(2)16-15(17(23)21-8-7-13(19)10-21)9-20-22(16)14-5-3-12(18)4-6-14/h3-6,9,11,13H,7-8,10,19H2,1-2H3/t13-/m1/s1. The van der Waals surface area contributed by atoms with Crippen LogP contribution in [0.4, 0.5) is 0 Å². The smallest absolute Gasteiger partial charge is 0.257 e. The van der Waals surface area contributed by atoms with Gasteiger partial charge in [-0.15, -0.1) is 0 Å². The van der Waals surface area contributed by atoms with Gasteiger partial charge in [-0.1, -0.05) is 25.4 Å². The minimum atomic E-state index is 0.0156. The zero-order valence-electron chi connectivity index (χ0n) is 13.4. The van der Waals surface area contributed by atoms with Crippen LogP contribution in [0.5, 0.6) is 0 Å². The van der Waals surface area contributed by atoms with E-state index < -0.39 is 0 Å². The molecule has 0 aliphatic carbocycles. The molecule has 1 aliphatic heterocycles. The maximum atomic E-state index is 12.8. The molecule has 0 radical (unpaired) electrons. The molecule has 5 nitrogen and oxygen atoms in total. The van der Waals surface area contributed by atoms with Crippen LogP contribution in [0.15, 0.2) is 30.5 Å². The van der Waals surface area contributed by atoms with Crippen molar-refractivity contribution in [3.05, 3.63) is 46.7 Å². The van der Waals surface area contributed by atoms with E-state index in [1.54, 1.807) is 6.20 Å². The van der Waals surface area contributed by atoms with E-state index in [9.17, 15) is 4.79 Å². The molecule has 1 aliphatic rings. The zero-order chi connectivity index (χ0) is 16.6. The van der Waals surface area contributed by atoms with Crippen LogP contribution in [-0.2, 0) is 0 Å². The first kappa shape index (κ1) is 16.0. The number of halogens is 1. The molecule has 1 aromatic carbocycles. The Morgan fingerprint density at radius 3 is 2.61 bits per heavy atom. The Kier molecular flexibility index (Phi) is 4.41. The molecule has 0 spiro atoms. The normalized spacial score (nSPS) is 18.0. The molecule has 2 aromatic rings. The summed E-state index contributed by atoms with van der Waals surface area (Å²) in [5.74, 6) is 0.185. The molecule has 0 unspecified atom stereocenters. The molecule has 0 bridgehead atoms. The number of likely N-dealkylation sites (tertiary alicyclic amines) is 1. The Labute approximate surface area is 141 Å². The third-order valence-electron chi connectivity index (χ3n) is 4.17. The number of amides is 1. The highest BCUT2D eigenvalue weighted by Gasteiger charge is 2.29. The van der Waals surface area contributed by atoms with E-state index in [-0.39, 0.29) is 17.9 Å². The van der Waals surface area contributed by atoms with Crippen LogP contribution in [0.2, 0.25) is 5.02 Å². The molecule has 122 valence electrons. The molecule has 1 atom stereocenters. The molecule has 3 rings (SSSR count). The molecule has 2 N–H and O–H groups in total. The van der Waals surface area contributed by atoms with Crippen molar-refractivity contribution in [2.24, 2.45) is 5.73 Å². The van der Waals surface area contributed by atoms with Crippen molar-refractivity contribution in [1.29, 1.82) is 0 Å². The van der Waals surface area contributed by atoms with Gasteiger partial charge in [-0.25, -0.2) is 4.68 Å². The summed E-state index contributed by atoms with van der Waals surface area (Å²) in [7, 11) is 0. The summed E-state index contributed by atoms with van der Waals surface area (Å²) in [5, 5.41) is 5.12. The maximum absolute atomic E-state index is 12.8. The maximum Gasteiger partial charge on any atom is 0.257 e. The predicted molar refractivity (Wildman–Crippen MR) is 91.2 cm³/mol. The van der Waals surface area contributed by atoms with E-state index in [2.05, 4.69) is 18.9 Å². The number of nitrogens with two attached hydrogens (primary N) is 1. The highest BCUT2D eigenvalue weighted by molar-refractivity contribution is 6.30. The minimum absolute atomic E-state index is 0.0156. The van der Waals surface area contributed by atoms with Crippen LogP contribution in [-0.4, -0.2) is 39.7 Å². The summed E-state index contributed by atoms with van der Waals surface area (Å²) in [5.41, 5.74) is 8.39. The molecule has 1 amide bonds. The third-order valence-corrected chi connectivity index (χ3v) is 4.42. The zero-order valence-corrected chi connectivity index (χ0v) is 14.1. The van der Waals surface area contributed by atoms with Gasteiger partial charge in [-0.3, -0.25) is 4.79 Å². The second-order valence-electron chi connectivity index (χ2n) is 6.29. The lowest BCUT2D eigenvalue weighted by atomic mass is 10.0. The van der Waals surface area contributed by atoms with E-state index >= 15 is 0 Å². The molecule has 23 heavy (non-hydrogen) atoms. The second kappa shape index (κ2) is 6.34. The molecule has 0 saturated carbocycles. The lowest BCUT2D eigenvalue weighted by Gasteiger charge is -2.18. The second-order valence-corrected chi connectivity index (χ2v) is 6.72. The van der Waals surface area contributed by atoms with Crippen molar-refractivity contribution in [3.8, 4) is 5.69 Å². The summed E-state index contributed by atoms with van der Waals surface area (Å²) in [6.07, 6.45) is 2.52. The van der Waals surface area contributed by atoms with Crippen LogP contribution in [0.25, 0.3) is 5.69 Å². The average molecular weight is 333 g/mol. The van der Waals surface area contributed by atoms with Crippen molar-refractivity contribution < 1.29 is 4.79 Å². The van der Waals surface area contributed by atoms with Crippen molar-refractivity contribution >= 4 is 17.5 Å². The van der Waals surface area contributed by atoms with Gasteiger partial charge in [0.15, 0.2) is 0 Å². The topological polar surface area (TPSA) is 64.2 Å². The van der Waals surface area contributed by atoms with Gasteiger partial charge in [-0.2, -0.15) is 5.10 Å². The molecule has 1 aromatic heterocycles. The summed E-state index contributed by atoms with van der Waals surface area (Å²) in [6.45, 7) is 5.46. The fourth-order valence-electron chi connectivity index (χ4n) is 3.01. The van der Waals surface area contributed by atoms with E-state index in [1.807, 2.05) is 33.8 Å². The fraction of sp³-hybridized carbons (Fsp3) is 0.412. The highest BCUT2D eigenvalue weighted by Crippen LogP contribution is 2.25. The van der Waals surface area contributed by atoms with Crippen LogP contribution < -0.4 is 5.73 Å². The van der Waals surface area contributed by atoms with Crippen molar-refractivity contribution in [3.63, 3.8) is 0 Å². The van der Waals surface area contributed by atoms with Crippen molar-refractivity contribution in [2.75, 3.05) is 13.1 Å². The Morgan fingerprint density at radius 1 is 1.35 bits per heavy atom. The lowest BCUT2D eigenvalue weighted by Crippen LogP contribution is -2.32. The van der Waals surface area contributed by atoms with E-state index in [0.717, 1.165) is 17.8 Å². The number of hydrogen-bond donors (Lipinski definition) is 1. The van der Waals surface area contributed by atoms with E-state index in [0.29, 0.717) is 23.7 Å². The molecule has 6 heteroatoms. The number of carbonyl (C=O) groups is 1. The van der Waals surface area contributed by atoms with Gasteiger partial charge in [0.25, 0.3) is 5.91 Å². The Bertz CT molecular complexity index is 708. The quantitative estimate of drug-likeness (QED) is 0.940. The van der Waals surface area contributed by atoms with E-state index in [1.165, 1.54) is 0 Å². The van der Waals surface area contributed by atoms with E-state index in [4.69, 9.17) is 17.3 Å². The number of rotatable bonds is 3. The number of aromatic nitrogens is 2. The monoisotopic (exact) mass is 332 g/mol. The average Bonchev–Trinajstić information content (AvgIpc) is 3.13. The third kappa shape index (κ3) is 3.12. The van der Waals surface area contributed by atoms with Crippen LogP contribution in [0.3, 0.4) is 0 Å². The van der Waals surface area contributed by atoms with Gasteiger partial charge in [0.1, 0.15) is 0 Å². The highest BCUT2D eigenvalue weighted by atomic mass is 35.5. The number of nitrogens with zero attached hydrogens (tertiary/aromatic N) is 3. The largest absolute Gasteiger partial charge is 0.337 e. The summed E-state index contributed by atoms with van der Waals surface area (Å²) in [4.78, 5) is 14.6. The van der Waals surface area contributed by atoms with Crippen molar-refractivity contribution in [2.45, 2.75) is 32.2 Å².